The molecule has 0 unspecified atom stereocenters. The maximum Gasteiger partial charge on any atom is 0.271 e. The number of rotatable bonds is 11. The summed E-state index contributed by atoms with van der Waals surface area (Å²) in [6, 6.07) is 26.1. The van der Waals surface area contributed by atoms with Gasteiger partial charge in [-0.2, -0.15) is 5.10 Å². The smallest absolute Gasteiger partial charge is 0.271 e. The van der Waals surface area contributed by atoms with E-state index in [1.54, 1.807) is 24.4 Å². The van der Waals surface area contributed by atoms with Crippen LogP contribution in [0.15, 0.2) is 99.0 Å². The summed E-state index contributed by atoms with van der Waals surface area (Å²) in [5.41, 5.74) is 5.62. The fourth-order valence-electron chi connectivity index (χ4n) is 3.56. The number of hydrazone groups is 1. The zero-order chi connectivity index (χ0) is 27.6. The van der Waals surface area contributed by atoms with Crippen molar-refractivity contribution in [2.24, 2.45) is 5.10 Å². The second-order valence-electron chi connectivity index (χ2n) is 8.26. The molecule has 4 rings (SSSR count). The minimum atomic E-state index is -0.375. The summed E-state index contributed by atoms with van der Waals surface area (Å²) < 4.78 is 19.0. The first-order valence-corrected chi connectivity index (χ1v) is 14.0. The number of hydrogen-bond acceptors (Lipinski definition) is 5. The number of carbonyl (C=O) groups excluding carboxylic acids is 1. The van der Waals surface area contributed by atoms with Crippen LogP contribution in [0.4, 0.5) is 0 Å². The lowest BCUT2D eigenvalue weighted by Crippen LogP contribution is -2.17. The standard InChI is InChI=1S/C30H25Br2ClN2O4/c1-2-37-28-16-22(12-13-27(28)38-18-20-8-4-3-5-9-20)30(36)35-34-17-21-14-24(31)29(25(32)15-21)39-19-23-10-6-7-11-26(23)33/h3-17H,2,18-19H2,1H3,(H,35,36)/b34-17+. The molecule has 0 fully saturated rings. The first-order valence-electron chi connectivity index (χ1n) is 12.1. The maximum atomic E-state index is 12.7. The molecule has 0 aromatic heterocycles. The molecule has 9 heteroatoms. The zero-order valence-electron chi connectivity index (χ0n) is 21.0. The first kappa shape index (κ1) is 28.7. The summed E-state index contributed by atoms with van der Waals surface area (Å²) in [4.78, 5) is 12.7. The number of hydrogen-bond donors (Lipinski definition) is 1. The second kappa shape index (κ2) is 14.2. The van der Waals surface area contributed by atoms with Crippen molar-refractivity contribution in [3.8, 4) is 17.2 Å². The summed E-state index contributed by atoms with van der Waals surface area (Å²) in [5.74, 6) is 1.31. The van der Waals surface area contributed by atoms with Gasteiger partial charge in [0.2, 0.25) is 0 Å². The predicted octanol–water partition coefficient (Wildman–Crippen LogP) is 8.19. The third kappa shape index (κ3) is 8.08. The van der Waals surface area contributed by atoms with Gasteiger partial charge in [-0.15, -0.1) is 0 Å². The quantitative estimate of drug-likeness (QED) is 0.129. The fourth-order valence-corrected chi connectivity index (χ4v) is 5.20. The van der Waals surface area contributed by atoms with Crippen LogP contribution in [-0.2, 0) is 13.2 Å². The van der Waals surface area contributed by atoms with Gasteiger partial charge in [0.1, 0.15) is 19.0 Å². The Bertz CT molecular complexity index is 1440. The van der Waals surface area contributed by atoms with Crippen LogP contribution >= 0.6 is 43.5 Å². The van der Waals surface area contributed by atoms with E-state index in [1.165, 1.54) is 0 Å². The third-order valence-electron chi connectivity index (χ3n) is 5.47. The van der Waals surface area contributed by atoms with Gasteiger partial charge in [0.15, 0.2) is 11.5 Å². The van der Waals surface area contributed by atoms with E-state index >= 15 is 0 Å². The largest absolute Gasteiger partial charge is 0.490 e. The number of carbonyl (C=O) groups is 1. The van der Waals surface area contributed by atoms with Gasteiger partial charge in [-0.25, -0.2) is 5.43 Å². The zero-order valence-corrected chi connectivity index (χ0v) is 24.9. The van der Waals surface area contributed by atoms with E-state index in [2.05, 4.69) is 42.4 Å². The number of nitrogens with zero attached hydrogens (tertiary/aromatic N) is 1. The lowest BCUT2D eigenvalue weighted by atomic mass is 10.2. The average Bonchev–Trinajstić information content (AvgIpc) is 2.93. The van der Waals surface area contributed by atoms with Crippen LogP contribution in [0.1, 0.15) is 34.0 Å². The number of ether oxygens (including phenoxy) is 3. The minimum absolute atomic E-state index is 0.320. The van der Waals surface area contributed by atoms with Crippen molar-refractivity contribution >= 4 is 55.6 Å². The molecule has 0 saturated carbocycles. The van der Waals surface area contributed by atoms with Gasteiger partial charge in [0.05, 0.1) is 21.8 Å². The summed E-state index contributed by atoms with van der Waals surface area (Å²) in [7, 11) is 0. The Morgan fingerprint density at radius 2 is 1.59 bits per heavy atom. The van der Waals surface area contributed by atoms with E-state index < -0.39 is 0 Å². The average molecular weight is 673 g/mol. The molecule has 0 atom stereocenters. The van der Waals surface area contributed by atoms with Crippen molar-refractivity contribution in [2.75, 3.05) is 6.61 Å². The van der Waals surface area contributed by atoms with E-state index in [0.717, 1.165) is 25.6 Å². The Morgan fingerprint density at radius 3 is 2.31 bits per heavy atom. The van der Waals surface area contributed by atoms with E-state index in [9.17, 15) is 4.79 Å². The number of nitrogens with one attached hydrogen (secondary N) is 1. The Hall–Kier alpha value is -3.33. The molecule has 0 spiro atoms. The predicted molar refractivity (Wildman–Crippen MR) is 161 cm³/mol. The monoisotopic (exact) mass is 670 g/mol. The third-order valence-corrected chi connectivity index (χ3v) is 7.02. The van der Waals surface area contributed by atoms with Crippen molar-refractivity contribution in [3.05, 3.63) is 121 Å². The molecule has 0 aliphatic heterocycles. The molecule has 0 aliphatic rings. The SMILES string of the molecule is CCOc1cc(C(=O)N/N=C/c2cc(Br)c(OCc3ccccc3Cl)c(Br)c2)ccc1OCc1ccccc1. The van der Waals surface area contributed by atoms with Crippen LogP contribution in [0.25, 0.3) is 0 Å². The molecule has 0 bridgehead atoms. The molecule has 0 radical (unpaired) electrons. The maximum absolute atomic E-state index is 12.7. The van der Waals surface area contributed by atoms with Gasteiger partial charge in [-0.3, -0.25) is 4.79 Å². The van der Waals surface area contributed by atoms with Gasteiger partial charge in [-0.1, -0.05) is 60.1 Å². The summed E-state index contributed by atoms with van der Waals surface area (Å²) in [6.45, 7) is 3.03. The lowest BCUT2D eigenvalue weighted by Gasteiger charge is -2.13. The van der Waals surface area contributed by atoms with Crippen LogP contribution in [0.2, 0.25) is 5.02 Å². The second-order valence-corrected chi connectivity index (χ2v) is 10.4. The van der Waals surface area contributed by atoms with Gasteiger partial charge >= 0.3 is 0 Å². The highest BCUT2D eigenvalue weighted by molar-refractivity contribution is 9.11. The van der Waals surface area contributed by atoms with E-state index in [4.69, 9.17) is 25.8 Å². The summed E-state index contributed by atoms with van der Waals surface area (Å²) in [6.07, 6.45) is 1.55. The van der Waals surface area contributed by atoms with Gasteiger partial charge in [0.25, 0.3) is 5.91 Å². The Balaban J connectivity index is 1.38. The molecule has 1 amide bonds. The van der Waals surface area contributed by atoms with Crippen molar-refractivity contribution in [1.82, 2.24) is 5.43 Å². The van der Waals surface area contributed by atoms with Gasteiger partial charge in [-0.05, 0) is 86.3 Å². The van der Waals surface area contributed by atoms with Crippen molar-refractivity contribution in [3.63, 3.8) is 0 Å². The molecular formula is C30H25Br2ClN2O4. The molecule has 0 saturated heterocycles. The van der Waals surface area contributed by atoms with Crippen LogP contribution in [0.5, 0.6) is 17.2 Å². The molecule has 39 heavy (non-hydrogen) atoms. The highest BCUT2D eigenvalue weighted by Gasteiger charge is 2.13. The topological polar surface area (TPSA) is 69.2 Å². The molecule has 6 nitrogen and oxygen atoms in total. The highest BCUT2D eigenvalue weighted by Crippen LogP contribution is 2.35. The molecular weight excluding hydrogens is 648 g/mol. The first-order chi connectivity index (χ1) is 18.9. The van der Waals surface area contributed by atoms with Crippen LogP contribution in [0.3, 0.4) is 0 Å². The lowest BCUT2D eigenvalue weighted by molar-refractivity contribution is 0.0954. The number of halogens is 3. The molecule has 0 heterocycles. The van der Waals surface area contributed by atoms with E-state index in [-0.39, 0.29) is 5.91 Å². The van der Waals surface area contributed by atoms with Crippen LogP contribution < -0.4 is 19.6 Å². The molecule has 4 aromatic rings. The molecule has 4 aromatic carbocycles. The molecule has 1 N–H and O–H groups in total. The Kier molecular flexibility index (Phi) is 10.4. The highest BCUT2D eigenvalue weighted by atomic mass is 79.9. The van der Waals surface area contributed by atoms with Gasteiger partial charge < -0.3 is 14.2 Å². The van der Waals surface area contributed by atoms with Gasteiger partial charge in [0, 0.05) is 16.1 Å². The minimum Gasteiger partial charge on any atom is -0.490 e. The Labute approximate surface area is 249 Å². The Morgan fingerprint density at radius 1 is 0.872 bits per heavy atom. The summed E-state index contributed by atoms with van der Waals surface area (Å²) >= 11 is 13.3. The van der Waals surface area contributed by atoms with Crippen molar-refractivity contribution in [1.29, 1.82) is 0 Å². The van der Waals surface area contributed by atoms with Crippen LogP contribution in [0, 0.1) is 0 Å². The van der Waals surface area contributed by atoms with Crippen molar-refractivity contribution in [2.45, 2.75) is 20.1 Å². The summed E-state index contributed by atoms with van der Waals surface area (Å²) in [5, 5.41) is 4.76. The normalized spacial score (nSPS) is 10.9. The number of benzene rings is 4. The molecule has 200 valence electrons. The fraction of sp³-hybridized carbons (Fsp3) is 0.133. The van der Waals surface area contributed by atoms with Crippen LogP contribution in [-0.4, -0.2) is 18.7 Å². The molecule has 0 aliphatic carbocycles. The van der Waals surface area contributed by atoms with E-state index in [1.807, 2.05) is 73.7 Å². The number of amides is 1. The van der Waals surface area contributed by atoms with E-state index in [0.29, 0.717) is 47.7 Å². The van der Waals surface area contributed by atoms with Crippen molar-refractivity contribution < 1.29 is 19.0 Å².